The molecule has 0 atom stereocenters. The number of hydrogen-bond donors (Lipinski definition) is 1. The third-order valence-corrected chi connectivity index (χ3v) is 8.24. The zero-order valence-electron chi connectivity index (χ0n) is 13.1. The van der Waals surface area contributed by atoms with Crippen LogP contribution in [0.5, 0.6) is 0 Å². The van der Waals surface area contributed by atoms with Crippen molar-refractivity contribution in [2.45, 2.75) is 71.4 Å². The SMILES string of the molecule is CCCC(CCC)(CCN)[Si](C)(OCC)OCC. The van der Waals surface area contributed by atoms with Gasteiger partial charge >= 0.3 is 8.56 Å². The van der Waals surface area contributed by atoms with Gasteiger partial charge in [-0.25, -0.2) is 0 Å². The van der Waals surface area contributed by atoms with E-state index in [1.807, 2.05) is 0 Å². The molecular formula is C14H33NO2Si. The van der Waals surface area contributed by atoms with E-state index in [9.17, 15) is 0 Å². The highest BCUT2D eigenvalue weighted by Gasteiger charge is 2.52. The summed E-state index contributed by atoms with van der Waals surface area (Å²) in [4.78, 5) is 0. The van der Waals surface area contributed by atoms with Gasteiger partial charge < -0.3 is 14.6 Å². The Morgan fingerprint density at radius 3 is 1.61 bits per heavy atom. The van der Waals surface area contributed by atoms with Gasteiger partial charge in [-0.3, -0.25) is 0 Å². The van der Waals surface area contributed by atoms with Gasteiger partial charge in [0.25, 0.3) is 0 Å². The minimum absolute atomic E-state index is 0.178. The van der Waals surface area contributed by atoms with Crippen LogP contribution in [0, 0.1) is 0 Å². The van der Waals surface area contributed by atoms with Crippen molar-refractivity contribution >= 4 is 8.56 Å². The van der Waals surface area contributed by atoms with E-state index in [2.05, 4.69) is 34.2 Å². The first-order valence-electron chi connectivity index (χ1n) is 7.53. The van der Waals surface area contributed by atoms with Gasteiger partial charge in [0.05, 0.1) is 0 Å². The molecule has 2 N–H and O–H groups in total. The fourth-order valence-corrected chi connectivity index (χ4v) is 6.99. The summed E-state index contributed by atoms with van der Waals surface area (Å²) < 4.78 is 12.3. The van der Waals surface area contributed by atoms with E-state index in [1.54, 1.807) is 0 Å². The second-order valence-electron chi connectivity index (χ2n) is 5.13. The van der Waals surface area contributed by atoms with Crippen molar-refractivity contribution in [2.75, 3.05) is 19.8 Å². The molecule has 0 spiro atoms. The van der Waals surface area contributed by atoms with Crippen molar-refractivity contribution in [1.29, 1.82) is 0 Å². The van der Waals surface area contributed by atoms with Crippen LogP contribution < -0.4 is 5.73 Å². The summed E-state index contributed by atoms with van der Waals surface area (Å²) in [6.45, 7) is 13.1. The molecule has 0 aromatic heterocycles. The molecule has 110 valence electrons. The van der Waals surface area contributed by atoms with E-state index in [4.69, 9.17) is 14.6 Å². The van der Waals surface area contributed by atoms with Crippen molar-refractivity contribution in [3.8, 4) is 0 Å². The molecule has 0 heterocycles. The Morgan fingerprint density at radius 2 is 1.33 bits per heavy atom. The largest absolute Gasteiger partial charge is 0.394 e. The Labute approximate surface area is 115 Å². The highest BCUT2D eigenvalue weighted by Crippen LogP contribution is 2.50. The van der Waals surface area contributed by atoms with E-state index >= 15 is 0 Å². The van der Waals surface area contributed by atoms with Crippen molar-refractivity contribution in [1.82, 2.24) is 0 Å². The van der Waals surface area contributed by atoms with Gasteiger partial charge in [-0.05, 0) is 46.2 Å². The standard InChI is InChI=1S/C14H33NO2Si/c1-6-10-14(11-7-2,12-13-15)18(5,16-8-3)17-9-4/h6-13,15H2,1-5H3. The quantitative estimate of drug-likeness (QED) is 0.583. The van der Waals surface area contributed by atoms with Crippen molar-refractivity contribution in [3.63, 3.8) is 0 Å². The predicted octanol–water partition coefficient (Wildman–Crippen LogP) is 3.82. The predicted molar refractivity (Wildman–Crippen MR) is 81.1 cm³/mol. The van der Waals surface area contributed by atoms with Crippen LogP contribution in [0.2, 0.25) is 11.6 Å². The van der Waals surface area contributed by atoms with Crippen LogP contribution in [0.1, 0.15) is 59.8 Å². The maximum atomic E-state index is 6.15. The summed E-state index contributed by atoms with van der Waals surface area (Å²) in [5.74, 6) is 0. The lowest BCUT2D eigenvalue weighted by Crippen LogP contribution is -2.52. The zero-order chi connectivity index (χ0) is 14.1. The van der Waals surface area contributed by atoms with Crippen LogP contribution >= 0.6 is 0 Å². The van der Waals surface area contributed by atoms with Crippen LogP contribution in [-0.4, -0.2) is 28.3 Å². The monoisotopic (exact) mass is 275 g/mol. The molecule has 0 rings (SSSR count). The van der Waals surface area contributed by atoms with Gasteiger partial charge in [-0.1, -0.05) is 26.7 Å². The summed E-state index contributed by atoms with van der Waals surface area (Å²) in [7, 11) is -2.17. The van der Waals surface area contributed by atoms with Gasteiger partial charge in [-0.15, -0.1) is 0 Å². The van der Waals surface area contributed by atoms with Crippen LogP contribution in [0.15, 0.2) is 0 Å². The first-order valence-corrected chi connectivity index (χ1v) is 9.85. The van der Waals surface area contributed by atoms with E-state index in [0.717, 1.165) is 26.2 Å². The van der Waals surface area contributed by atoms with Crippen molar-refractivity contribution in [3.05, 3.63) is 0 Å². The molecule has 0 bridgehead atoms. The van der Waals surface area contributed by atoms with Gasteiger partial charge in [-0.2, -0.15) is 0 Å². The normalized spacial score (nSPS) is 13.0. The Hall–Kier alpha value is 0.0969. The van der Waals surface area contributed by atoms with Gasteiger partial charge in [0.15, 0.2) is 0 Å². The lowest BCUT2D eigenvalue weighted by Gasteiger charge is -2.45. The summed E-state index contributed by atoms with van der Waals surface area (Å²) in [5, 5.41) is 0.178. The molecule has 0 saturated heterocycles. The molecule has 0 unspecified atom stereocenters. The van der Waals surface area contributed by atoms with Gasteiger partial charge in [0.1, 0.15) is 0 Å². The molecule has 0 aliphatic carbocycles. The summed E-state index contributed by atoms with van der Waals surface area (Å²) >= 11 is 0. The molecular weight excluding hydrogens is 242 g/mol. The summed E-state index contributed by atoms with van der Waals surface area (Å²) in [6.07, 6.45) is 5.70. The molecule has 4 heteroatoms. The molecule has 0 radical (unpaired) electrons. The smallest absolute Gasteiger partial charge is 0.341 e. The molecule has 0 fully saturated rings. The lowest BCUT2D eigenvalue weighted by atomic mass is 9.93. The highest BCUT2D eigenvalue weighted by atomic mass is 28.4. The fourth-order valence-electron chi connectivity index (χ4n) is 3.19. The van der Waals surface area contributed by atoms with Crippen LogP contribution in [0.25, 0.3) is 0 Å². The van der Waals surface area contributed by atoms with Crippen LogP contribution in [0.3, 0.4) is 0 Å². The molecule has 0 aliphatic rings. The third-order valence-electron chi connectivity index (χ3n) is 3.88. The first-order chi connectivity index (χ1) is 8.55. The second-order valence-corrected chi connectivity index (χ2v) is 8.66. The number of rotatable bonds is 11. The Morgan fingerprint density at radius 1 is 0.889 bits per heavy atom. The van der Waals surface area contributed by atoms with Gasteiger partial charge in [0.2, 0.25) is 0 Å². The second kappa shape index (κ2) is 9.07. The van der Waals surface area contributed by atoms with Crippen molar-refractivity contribution < 1.29 is 8.85 Å². The Balaban J connectivity index is 5.26. The molecule has 18 heavy (non-hydrogen) atoms. The van der Waals surface area contributed by atoms with Crippen LogP contribution in [-0.2, 0) is 8.85 Å². The highest BCUT2D eigenvalue weighted by molar-refractivity contribution is 6.69. The van der Waals surface area contributed by atoms with E-state index in [1.165, 1.54) is 25.7 Å². The van der Waals surface area contributed by atoms with E-state index in [-0.39, 0.29) is 5.04 Å². The average molecular weight is 276 g/mol. The van der Waals surface area contributed by atoms with Crippen LogP contribution in [0.4, 0.5) is 0 Å². The minimum atomic E-state index is -2.17. The molecule has 0 aliphatic heterocycles. The summed E-state index contributed by atoms with van der Waals surface area (Å²) in [5.41, 5.74) is 5.88. The van der Waals surface area contributed by atoms with Gasteiger partial charge in [0, 0.05) is 18.3 Å². The number of nitrogens with two attached hydrogens (primary N) is 1. The molecule has 0 aromatic carbocycles. The Bertz CT molecular complexity index is 189. The molecule has 0 saturated carbocycles. The lowest BCUT2D eigenvalue weighted by molar-refractivity contribution is 0.146. The topological polar surface area (TPSA) is 44.5 Å². The Kier molecular flexibility index (Phi) is 9.12. The average Bonchev–Trinajstić information content (AvgIpc) is 2.30. The molecule has 3 nitrogen and oxygen atoms in total. The third kappa shape index (κ3) is 4.33. The van der Waals surface area contributed by atoms with E-state index in [0.29, 0.717) is 0 Å². The molecule has 0 aromatic rings. The maximum absolute atomic E-state index is 6.15. The molecule has 0 amide bonds. The van der Waals surface area contributed by atoms with Crippen molar-refractivity contribution in [2.24, 2.45) is 5.73 Å². The summed E-state index contributed by atoms with van der Waals surface area (Å²) in [6, 6.07) is 0. The fraction of sp³-hybridized carbons (Fsp3) is 1.00. The minimum Gasteiger partial charge on any atom is -0.394 e. The van der Waals surface area contributed by atoms with E-state index < -0.39 is 8.56 Å². The maximum Gasteiger partial charge on any atom is 0.341 e. The number of hydrogen-bond acceptors (Lipinski definition) is 3. The first kappa shape index (κ1) is 18.1. The zero-order valence-corrected chi connectivity index (χ0v) is 14.1.